The van der Waals surface area contributed by atoms with E-state index in [1.165, 1.54) is 12.1 Å². The standard InChI is InChI=1S/C13H18FNO/c1-16-13(11-6-8-15-9-7-11)10-2-4-12(14)5-3-10/h2-5,11,13,15H,6-9H2,1H3/t13-/m0/s1. The molecule has 0 unspecified atom stereocenters. The van der Waals surface area contributed by atoms with Gasteiger partial charge in [-0.05, 0) is 49.5 Å². The number of piperidine rings is 1. The molecule has 2 nitrogen and oxygen atoms in total. The molecule has 1 atom stereocenters. The third kappa shape index (κ3) is 2.60. The summed E-state index contributed by atoms with van der Waals surface area (Å²) in [5.74, 6) is 0.348. The van der Waals surface area contributed by atoms with Gasteiger partial charge in [0, 0.05) is 7.11 Å². The quantitative estimate of drug-likeness (QED) is 0.850. The Bertz CT molecular complexity index is 319. The summed E-state index contributed by atoms with van der Waals surface area (Å²) in [6.07, 6.45) is 2.34. The molecule has 1 N–H and O–H groups in total. The molecular weight excluding hydrogens is 205 g/mol. The normalized spacial score (nSPS) is 19.6. The van der Waals surface area contributed by atoms with Crippen LogP contribution in [0.25, 0.3) is 0 Å². The van der Waals surface area contributed by atoms with E-state index in [4.69, 9.17) is 4.74 Å². The minimum atomic E-state index is -0.191. The average Bonchev–Trinajstić information content (AvgIpc) is 2.34. The smallest absolute Gasteiger partial charge is 0.123 e. The van der Waals surface area contributed by atoms with Crippen LogP contribution in [0.3, 0.4) is 0 Å². The topological polar surface area (TPSA) is 21.3 Å². The minimum absolute atomic E-state index is 0.0997. The number of hydrogen-bond donors (Lipinski definition) is 1. The van der Waals surface area contributed by atoms with Crippen LogP contribution in [0.4, 0.5) is 4.39 Å². The molecule has 0 aromatic heterocycles. The Hall–Kier alpha value is -0.930. The van der Waals surface area contributed by atoms with Gasteiger partial charge in [0.05, 0.1) is 6.10 Å². The van der Waals surface area contributed by atoms with Crippen LogP contribution in [0.1, 0.15) is 24.5 Å². The van der Waals surface area contributed by atoms with Crippen LogP contribution >= 0.6 is 0 Å². The summed E-state index contributed by atoms with van der Waals surface area (Å²) in [5, 5.41) is 3.34. The maximum absolute atomic E-state index is 12.8. The second-order valence-electron chi connectivity index (χ2n) is 4.30. The summed E-state index contributed by atoms with van der Waals surface area (Å²) in [4.78, 5) is 0. The molecule has 1 heterocycles. The first-order valence-electron chi connectivity index (χ1n) is 5.80. The van der Waals surface area contributed by atoms with E-state index in [1.54, 1.807) is 7.11 Å². The van der Waals surface area contributed by atoms with E-state index in [0.717, 1.165) is 31.5 Å². The van der Waals surface area contributed by atoms with Crippen LogP contribution in [-0.2, 0) is 4.74 Å². The van der Waals surface area contributed by atoms with Gasteiger partial charge in [0.15, 0.2) is 0 Å². The van der Waals surface area contributed by atoms with Crippen LogP contribution in [0.5, 0.6) is 0 Å². The Labute approximate surface area is 95.8 Å². The van der Waals surface area contributed by atoms with Crippen LogP contribution in [0, 0.1) is 11.7 Å². The monoisotopic (exact) mass is 223 g/mol. The summed E-state index contributed by atoms with van der Waals surface area (Å²) in [5.41, 5.74) is 1.08. The highest BCUT2D eigenvalue weighted by molar-refractivity contribution is 5.19. The first-order valence-corrected chi connectivity index (χ1v) is 5.80. The molecule has 1 aliphatic rings. The lowest BCUT2D eigenvalue weighted by molar-refractivity contribution is 0.0382. The van der Waals surface area contributed by atoms with Gasteiger partial charge in [-0.15, -0.1) is 0 Å². The maximum Gasteiger partial charge on any atom is 0.123 e. The zero-order valence-electron chi connectivity index (χ0n) is 9.58. The van der Waals surface area contributed by atoms with Gasteiger partial charge in [-0.2, -0.15) is 0 Å². The molecule has 0 aliphatic carbocycles. The van der Waals surface area contributed by atoms with Crippen molar-refractivity contribution in [2.75, 3.05) is 20.2 Å². The van der Waals surface area contributed by atoms with Crippen molar-refractivity contribution in [3.8, 4) is 0 Å². The molecule has 16 heavy (non-hydrogen) atoms. The van der Waals surface area contributed by atoms with Gasteiger partial charge in [-0.3, -0.25) is 0 Å². The molecule has 88 valence electrons. The largest absolute Gasteiger partial charge is 0.376 e. The molecule has 1 aliphatic heterocycles. The van der Waals surface area contributed by atoms with Gasteiger partial charge in [-0.1, -0.05) is 12.1 Å². The molecule has 0 amide bonds. The highest BCUT2D eigenvalue weighted by atomic mass is 19.1. The molecule has 1 aromatic carbocycles. The fourth-order valence-electron chi connectivity index (χ4n) is 2.40. The van der Waals surface area contributed by atoms with E-state index in [9.17, 15) is 4.39 Å². The molecule has 2 rings (SSSR count). The molecule has 1 saturated heterocycles. The highest BCUT2D eigenvalue weighted by Gasteiger charge is 2.24. The molecule has 0 spiro atoms. The summed E-state index contributed by atoms with van der Waals surface area (Å²) in [7, 11) is 1.73. The van der Waals surface area contributed by atoms with E-state index >= 15 is 0 Å². The highest BCUT2D eigenvalue weighted by Crippen LogP contribution is 2.31. The number of benzene rings is 1. The van der Waals surface area contributed by atoms with E-state index in [-0.39, 0.29) is 11.9 Å². The number of nitrogens with one attached hydrogen (secondary N) is 1. The third-order valence-corrected chi connectivity index (χ3v) is 3.26. The fourth-order valence-corrected chi connectivity index (χ4v) is 2.40. The molecule has 1 fully saturated rings. The van der Waals surface area contributed by atoms with Crippen LogP contribution in [0.15, 0.2) is 24.3 Å². The zero-order valence-corrected chi connectivity index (χ0v) is 9.58. The van der Waals surface area contributed by atoms with E-state index in [1.807, 2.05) is 12.1 Å². The van der Waals surface area contributed by atoms with Gasteiger partial charge < -0.3 is 10.1 Å². The van der Waals surface area contributed by atoms with Crippen LogP contribution in [-0.4, -0.2) is 20.2 Å². The number of hydrogen-bond acceptors (Lipinski definition) is 2. The second kappa shape index (κ2) is 5.41. The Balaban J connectivity index is 2.11. The summed E-state index contributed by atoms with van der Waals surface area (Å²) in [6, 6.07) is 6.65. The molecule has 0 radical (unpaired) electrons. The lowest BCUT2D eigenvalue weighted by Crippen LogP contribution is -2.31. The van der Waals surface area contributed by atoms with Crippen molar-refractivity contribution in [2.45, 2.75) is 18.9 Å². The van der Waals surface area contributed by atoms with E-state index in [2.05, 4.69) is 5.32 Å². The predicted octanol–water partition coefficient (Wildman–Crippen LogP) is 2.51. The molecular formula is C13H18FNO. The van der Waals surface area contributed by atoms with Crippen molar-refractivity contribution in [2.24, 2.45) is 5.92 Å². The van der Waals surface area contributed by atoms with Gasteiger partial charge in [0.2, 0.25) is 0 Å². The third-order valence-electron chi connectivity index (χ3n) is 3.26. The van der Waals surface area contributed by atoms with Crippen LogP contribution in [0.2, 0.25) is 0 Å². The minimum Gasteiger partial charge on any atom is -0.376 e. The molecule has 1 aromatic rings. The second-order valence-corrected chi connectivity index (χ2v) is 4.30. The van der Waals surface area contributed by atoms with Crippen molar-refractivity contribution in [3.05, 3.63) is 35.6 Å². The van der Waals surface area contributed by atoms with Crippen molar-refractivity contribution < 1.29 is 9.13 Å². The van der Waals surface area contributed by atoms with Gasteiger partial charge >= 0.3 is 0 Å². The van der Waals surface area contributed by atoms with Gasteiger partial charge in [-0.25, -0.2) is 4.39 Å². The summed E-state index contributed by atoms with van der Waals surface area (Å²) >= 11 is 0. The number of halogens is 1. The molecule has 0 saturated carbocycles. The van der Waals surface area contributed by atoms with E-state index < -0.39 is 0 Å². The van der Waals surface area contributed by atoms with Crippen LogP contribution < -0.4 is 5.32 Å². The predicted molar refractivity (Wildman–Crippen MR) is 61.7 cm³/mol. The fraction of sp³-hybridized carbons (Fsp3) is 0.538. The van der Waals surface area contributed by atoms with Crippen molar-refractivity contribution in [1.82, 2.24) is 5.32 Å². The molecule has 3 heteroatoms. The van der Waals surface area contributed by atoms with E-state index in [0.29, 0.717) is 5.92 Å². The SMILES string of the molecule is CO[C@@H](c1ccc(F)cc1)C1CCNCC1. The Morgan fingerprint density at radius 1 is 1.25 bits per heavy atom. The Kier molecular flexibility index (Phi) is 3.91. The van der Waals surface area contributed by atoms with Gasteiger partial charge in [0.1, 0.15) is 5.82 Å². The summed E-state index contributed by atoms with van der Waals surface area (Å²) in [6.45, 7) is 2.09. The van der Waals surface area contributed by atoms with Crippen molar-refractivity contribution in [3.63, 3.8) is 0 Å². The zero-order chi connectivity index (χ0) is 11.4. The Morgan fingerprint density at radius 3 is 2.44 bits per heavy atom. The number of ether oxygens (including phenoxy) is 1. The number of rotatable bonds is 3. The maximum atomic E-state index is 12.8. The molecule has 0 bridgehead atoms. The Morgan fingerprint density at radius 2 is 1.88 bits per heavy atom. The first kappa shape index (κ1) is 11.6. The lowest BCUT2D eigenvalue weighted by Gasteiger charge is -2.30. The lowest BCUT2D eigenvalue weighted by atomic mass is 9.88. The van der Waals surface area contributed by atoms with Crippen molar-refractivity contribution in [1.29, 1.82) is 0 Å². The average molecular weight is 223 g/mol. The van der Waals surface area contributed by atoms with Gasteiger partial charge in [0.25, 0.3) is 0 Å². The number of methoxy groups -OCH3 is 1. The van der Waals surface area contributed by atoms with Crippen molar-refractivity contribution >= 4 is 0 Å². The summed E-state index contributed by atoms with van der Waals surface area (Å²) < 4.78 is 18.4. The first-order chi connectivity index (χ1) is 7.81.